The van der Waals surface area contributed by atoms with Crippen LogP contribution in [0.4, 0.5) is 0 Å². The SMILES string of the molecule is C=CCOc1ccc(Cl)cc1.CC.CC.CCCC1(NC)CCC(NC(=O)COC2=CC=C(Cl)CC2)C1. The Labute approximate surface area is 235 Å². The minimum atomic E-state index is -0.0325. The van der Waals surface area contributed by atoms with Crippen LogP contribution in [0.3, 0.4) is 0 Å². The summed E-state index contributed by atoms with van der Waals surface area (Å²) in [5.74, 6) is 1.62. The Bertz CT molecular complexity index is 825. The number of benzene rings is 1. The largest absolute Gasteiger partial charge is 0.490 e. The Morgan fingerprint density at radius 3 is 2.32 bits per heavy atom. The molecule has 0 saturated heterocycles. The minimum Gasteiger partial charge on any atom is -0.490 e. The van der Waals surface area contributed by atoms with Crippen molar-refractivity contribution in [3.05, 3.63) is 64.9 Å². The summed E-state index contributed by atoms with van der Waals surface area (Å²) in [4.78, 5) is 12.0. The van der Waals surface area contributed by atoms with E-state index in [1.54, 1.807) is 18.2 Å². The third-order valence-corrected chi connectivity index (χ3v) is 6.43. The molecule has 0 radical (unpaired) electrons. The van der Waals surface area contributed by atoms with Crippen molar-refractivity contribution in [2.45, 2.75) is 91.1 Å². The molecule has 3 rings (SSSR count). The first-order chi connectivity index (χ1) is 17.9. The molecule has 2 unspecified atom stereocenters. The number of halogens is 2. The first kappa shape index (κ1) is 35.0. The summed E-state index contributed by atoms with van der Waals surface area (Å²) in [5, 5.41) is 8.11. The zero-order valence-electron chi connectivity index (χ0n) is 23.7. The van der Waals surface area contributed by atoms with E-state index < -0.39 is 0 Å². The molecule has 1 aromatic rings. The maximum atomic E-state index is 12.0. The van der Waals surface area contributed by atoms with Crippen LogP contribution in [0.15, 0.2) is 59.9 Å². The van der Waals surface area contributed by atoms with Gasteiger partial charge in [-0.3, -0.25) is 4.79 Å². The number of hydrogen-bond acceptors (Lipinski definition) is 4. The van der Waals surface area contributed by atoms with Crippen LogP contribution in [-0.4, -0.2) is 37.7 Å². The van der Waals surface area contributed by atoms with Crippen LogP contribution in [0.5, 0.6) is 5.75 Å². The van der Waals surface area contributed by atoms with Crippen molar-refractivity contribution in [1.82, 2.24) is 10.6 Å². The monoisotopic (exact) mass is 554 g/mol. The van der Waals surface area contributed by atoms with Crippen LogP contribution in [0, 0.1) is 0 Å². The number of amides is 1. The second-order valence-corrected chi connectivity index (χ2v) is 9.30. The highest BCUT2D eigenvalue weighted by Crippen LogP contribution is 2.33. The van der Waals surface area contributed by atoms with E-state index in [0.717, 1.165) is 66.5 Å². The predicted molar refractivity (Wildman–Crippen MR) is 160 cm³/mol. The molecular formula is C30H48Cl2N2O3. The molecule has 1 fully saturated rings. The molecule has 2 aliphatic rings. The molecule has 0 heterocycles. The molecule has 1 aromatic carbocycles. The molecule has 0 bridgehead atoms. The fourth-order valence-electron chi connectivity index (χ4n) is 4.13. The molecule has 210 valence electrons. The van der Waals surface area contributed by atoms with Crippen LogP contribution < -0.4 is 15.4 Å². The molecule has 2 N–H and O–H groups in total. The quantitative estimate of drug-likeness (QED) is 0.286. The minimum absolute atomic E-state index is 0.0325. The highest BCUT2D eigenvalue weighted by atomic mass is 35.5. The molecule has 2 aliphatic carbocycles. The van der Waals surface area contributed by atoms with Gasteiger partial charge in [-0.2, -0.15) is 0 Å². The molecule has 5 nitrogen and oxygen atoms in total. The van der Waals surface area contributed by atoms with E-state index in [-0.39, 0.29) is 24.1 Å². The third kappa shape index (κ3) is 14.5. The Kier molecular flexibility index (Phi) is 19.9. The maximum Gasteiger partial charge on any atom is 0.258 e. The molecule has 0 spiro atoms. The van der Waals surface area contributed by atoms with Crippen LogP contribution in [-0.2, 0) is 9.53 Å². The van der Waals surface area contributed by atoms with Gasteiger partial charge in [0.15, 0.2) is 6.61 Å². The van der Waals surface area contributed by atoms with Gasteiger partial charge in [0.05, 0.1) is 5.76 Å². The average Bonchev–Trinajstić information content (AvgIpc) is 3.33. The molecule has 0 aliphatic heterocycles. The Hall–Kier alpha value is -1.95. The third-order valence-electron chi connectivity index (χ3n) is 5.86. The summed E-state index contributed by atoms with van der Waals surface area (Å²) in [6, 6.07) is 7.49. The Morgan fingerprint density at radius 2 is 1.78 bits per heavy atom. The number of ether oxygens (including phenoxy) is 2. The van der Waals surface area contributed by atoms with Crippen LogP contribution >= 0.6 is 23.2 Å². The van der Waals surface area contributed by atoms with Crippen molar-refractivity contribution < 1.29 is 14.3 Å². The van der Waals surface area contributed by atoms with Gasteiger partial charge in [-0.15, -0.1) is 0 Å². The average molecular weight is 556 g/mol. The lowest BCUT2D eigenvalue weighted by Crippen LogP contribution is -2.43. The zero-order chi connectivity index (χ0) is 28.1. The summed E-state index contributed by atoms with van der Waals surface area (Å²) in [6.45, 7) is 14.4. The molecule has 37 heavy (non-hydrogen) atoms. The van der Waals surface area contributed by atoms with Crippen molar-refractivity contribution in [3.8, 4) is 5.75 Å². The van der Waals surface area contributed by atoms with Crippen molar-refractivity contribution >= 4 is 29.1 Å². The van der Waals surface area contributed by atoms with Gasteiger partial charge in [-0.05, 0) is 75.6 Å². The molecule has 7 heteroatoms. The van der Waals surface area contributed by atoms with Gasteiger partial charge in [0.25, 0.3) is 5.91 Å². The number of nitrogens with one attached hydrogen (secondary N) is 2. The maximum absolute atomic E-state index is 12.0. The highest BCUT2D eigenvalue weighted by molar-refractivity contribution is 6.30. The molecule has 1 amide bonds. The fourth-order valence-corrected chi connectivity index (χ4v) is 4.42. The summed E-state index contributed by atoms with van der Waals surface area (Å²) in [5.41, 5.74) is 0.195. The van der Waals surface area contributed by atoms with E-state index in [1.807, 2.05) is 59.0 Å². The summed E-state index contributed by atoms with van der Waals surface area (Å²) < 4.78 is 10.8. The van der Waals surface area contributed by atoms with Crippen LogP contribution in [0.25, 0.3) is 0 Å². The fraction of sp³-hybridized carbons (Fsp3) is 0.567. The Morgan fingerprint density at radius 1 is 1.11 bits per heavy atom. The first-order valence-electron chi connectivity index (χ1n) is 13.5. The summed E-state index contributed by atoms with van der Waals surface area (Å²) >= 11 is 11.6. The molecular weight excluding hydrogens is 507 g/mol. The van der Waals surface area contributed by atoms with Gasteiger partial charge in [-0.25, -0.2) is 0 Å². The van der Waals surface area contributed by atoms with E-state index in [0.29, 0.717) is 6.61 Å². The second-order valence-electron chi connectivity index (χ2n) is 8.38. The molecule has 2 atom stereocenters. The highest BCUT2D eigenvalue weighted by Gasteiger charge is 2.37. The standard InChI is InChI=1S/C17H27ClN2O2.C9H9ClO.2C2H6/c1-3-9-17(19-2)10-8-14(11-17)20-16(21)12-22-15-6-4-13(18)5-7-15;1-2-7-11-9-5-3-8(10)4-6-9;2*1-2/h4,6,14,19H,3,5,7-12H2,1-2H3,(H,20,21);2-6H,1,7H2;2*1-2H3. The van der Waals surface area contributed by atoms with Crippen LogP contribution in [0.2, 0.25) is 5.02 Å². The topological polar surface area (TPSA) is 59.6 Å². The lowest BCUT2D eigenvalue weighted by Gasteiger charge is -2.28. The zero-order valence-corrected chi connectivity index (χ0v) is 25.2. The first-order valence-corrected chi connectivity index (χ1v) is 14.3. The molecule has 0 aromatic heterocycles. The van der Waals surface area contributed by atoms with E-state index in [9.17, 15) is 4.79 Å². The lowest BCUT2D eigenvalue weighted by atomic mass is 9.92. The van der Waals surface area contributed by atoms with Crippen molar-refractivity contribution in [1.29, 1.82) is 0 Å². The summed E-state index contributed by atoms with van der Waals surface area (Å²) in [6.07, 6.45) is 12.4. The normalized spacial score (nSPS) is 19.7. The second kappa shape index (κ2) is 21.0. The number of allylic oxidation sites excluding steroid dienone is 4. The Balaban J connectivity index is 0.000000725. The van der Waals surface area contributed by atoms with Gasteiger partial charge in [0, 0.05) is 28.1 Å². The van der Waals surface area contributed by atoms with Gasteiger partial charge in [-0.1, -0.05) is 76.9 Å². The number of rotatable bonds is 10. The summed E-state index contributed by atoms with van der Waals surface area (Å²) in [7, 11) is 2.02. The lowest BCUT2D eigenvalue weighted by molar-refractivity contribution is -0.125. The molecule has 1 saturated carbocycles. The number of carbonyl (C=O) groups excluding carboxylic acids is 1. The van der Waals surface area contributed by atoms with Crippen molar-refractivity contribution in [2.24, 2.45) is 0 Å². The van der Waals surface area contributed by atoms with Crippen LogP contribution in [0.1, 0.15) is 79.6 Å². The predicted octanol–water partition coefficient (Wildman–Crippen LogP) is 8.19. The smallest absolute Gasteiger partial charge is 0.258 e. The van der Waals surface area contributed by atoms with Crippen molar-refractivity contribution in [2.75, 3.05) is 20.3 Å². The van der Waals surface area contributed by atoms with E-state index >= 15 is 0 Å². The van der Waals surface area contributed by atoms with Crippen molar-refractivity contribution in [3.63, 3.8) is 0 Å². The van der Waals surface area contributed by atoms with E-state index in [1.165, 1.54) is 0 Å². The van der Waals surface area contributed by atoms with E-state index in [4.69, 9.17) is 32.7 Å². The number of hydrogen-bond donors (Lipinski definition) is 2. The van der Waals surface area contributed by atoms with Gasteiger partial charge < -0.3 is 20.1 Å². The van der Waals surface area contributed by atoms with Gasteiger partial charge in [0.2, 0.25) is 0 Å². The van der Waals surface area contributed by atoms with Gasteiger partial charge >= 0.3 is 0 Å². The van der Waals surface area contributed by atoms with E-state index in [2.05, 4.69) is 24.1 Å². The number of carbonyl (C=O) groups is 1. The van der Waals surface area contributed by atoms with Gasteiger partial charge in [0.1, 0.15) is 12.4 Å².